The summed E-state index contributed by atoms with van der Waals surface area (Å²) in [5, 5.41) is 0. The van der Waals surface area contributed by atoms with E-state index in [-0.39, 0.29) is 15.8 Å². The number of hydrogen-bond acceptors (Lipinski definition) is 4. The van der Waals surface area contributed by atoms with Crippen molar-refractivity contribution in [3.05, 3.63) is 0 Å². The molecule has 1 rings (SSSR count). The van der Waals surface area contributed by atoms with Crippen LogP contribution in [0.25, 0.3) is 0 Å². The van der Waals surface area contributed by atoms with Gasteiger partial charge in [-0.3, -0.25) is 0 Å². The molecule has 4 nitrogen and oxygen atoms in total. The van der Waals surface area contributed by atoms with E-state index in [1.54, 1.807) is 0 Å². The van der Waals surface area contributed by atoms with Crippen LogP contribution in [0.2, 0.25) is 6.04 Å². The van der Waals surface area contributed by atoms with E-state index in [1.165, 1.54) is 0 Å². The van der Waals surface area contributed by atoms with Crippen molar-refractivity contribution >= 4 is 9.52 Å². The molecule has 0 N–H and O–H groups in total. The highest BCUT2D eigenvalue weighted by molar-refractivity contribution is 6.35. The number of epoxide rings is 1. The van der Waals surface area contributed by atoms with Gasteiger partial charge in [0.2, 0.25) is 0 Å². The molecule has 90 valence electrons. The third-order valence-corrected chi connectivity index (χ3v) is 3.60. The van der Waals surface area contributed by atoms with Crippen molar-refractivity contribution in [3.8, 4) is 0 Å². The van der Waals surface area contributed by atoms with Crippen LogP contribution in [0.3, 0.4) is 0 Å². The van der Waals surface area contributed by atoms with Gasteiger partial charge in [0.15, 0.2) is 6.29 Å². The first-order chi connectivity index (χ1) is 7.36. The minimum atomic E-state index is -0.220. The molecule has 1 atom stereocenters. The second kappa shape index (κ2) is 8.24. The van der Waals surface area contributed by atoms with E-state index in [9.17, 15) is 0 Å². The summed E-state index contributed by atoms with van der Waals surface area (Å²) in [4.78, 5) is 0. The minimum Gasteiger partial charge on any atom is -0.383 e. The van der Waals surface area contributed by atoms with Gasteiger partial charge in [-0.2, -0.15) is 0 Å². The quantitative estimate of drug-likeness (QED) is 0.237. The standard InChI is InChI=1S/C10H22O4Si/c1-3-12-10(13-4-2)7-15-8-11-5-9-6-14-9/h9-10H,3-8,15H2,1-2H3. The SMILES string of the molecule is CCOC(C[SiH2]COCC1CO1)OCC. The van der Waals surface area contributed by atoms with E-state index < -0.39 is 0 Å². The molecule has 1 fully saturated rings. The van der Waals surface area contributed by atoms with E-state index in [4.69, 9.17) is 18.9 Å². The van der Waals surface area contributed by atoms with Crippen LogP contribution in [0.1, 0.15) is 13.8 Å². The van der Waals surface area contributed by atoms with Crippen molar-refractivity contribution in [2.45, 2.75) is 32.3 Å². The monoisotopic (exact) mass is 234 g/mol. The zero-order valence-electron chi connectivity index (χ0n) is 9.74. The van der Waals surface area contributed by atoms with Crippen LogP contribution in [0, 0.1) is 0 Å². The smallest absolute Gasteiger partial charge is 0.154 e. The van der Waals surface area contributed by atoms with Gasteiger partial charge in [0, 0.05) is 19.4 Å². The molecule has 15 heavy (non-hydrogen) atoms. The van der Waals surface area contributed by atoms with Gasteiger partial charge in [-0.05, 0) is 19.9 Å². The first kappa shape index (κ1) is 13.1. The van der Waals surface area contributed by atoms with Gasteiger partial charge in [0.1, 0.15) is 6.10 Å². The van der Waals surface area contributed by atoms with Gasteiger partial charge in [-0.25, -0.2) is 0 Å². The largest absolute Gasteiger partial charge is 0.383 e. The predicted molar refractivity (Wildman–Crippen MR) is 61.0 cm³/mol. The molecule has 5 heteroatoms. The zero-order valence-corrected chi connectivity index (χ0v) is 11.2. The lowest BCUT2D eigenvalue weighted by atomic mass is 10.5. The minimum absolute atomic E-state index is 0.00700. The van der Waals surface area contributed by atoms with Crippen molar-refractivity contribution in [2.24, 2.45) is 0 Å². The number of hydrogen-bond donors (Lipinski definition) is 0. The van der Waals surface area contributed by atoms with Crippen molar-refractivity contribution in [1.82, 2.24) is 0 Å². The van der Waals surface area contributed by atoms with Crippen LogP contribution < -0.4 is 0 Å². The third-order valence-electron chi connectivity index (χ3n) is 2.14. The van der Waals surface area contributed by atoms with Crippen LogP contribution in [0.4, 0.5) is 0 Å². The molecule has 0 aliphatic carbocycles. The molecule has 1 aliphatic heterocycles. The van der Waals surface area contributed by atoms with Crippen LogP contribution >= 0.6 is 0 Å². The second-order valence-electron chi connectivity index (χ2n) is 3.51. The van der Waals surface area contributed by atoms with Crippen molar-refractivity contribution < 1.29 is 18.9 Å². The maximum absolute atomic E-state index is 5.49. The van der Waals surface area contributed by atoms with E-state index in [2.05, 4.69) is 0 Å². The maximum atomic E-state index is 5.49. The van der Waals surface area contributed by atoms with Crippen LogP contribution in [0.15, 0.2) is 0 Å². The molecule has 1 unspecified atom stereocenters. The molecule has 1 saturated heterocycles. The Hall–Kier alpha value is 0.0569. The van der Waals surface area contributed by atoms with Gasteiger partial charge in [-0.15, -0.1) is 0 Å². The Morgan fingerprint density at radius 3 is 2.53 bits per heavy atom. The average molecular weight is 234 g/mol. The Balaban J connectivity index is 1.89. The molecule has 0 saturated carbocycles. The van der Waals surface area contributed by atoms with E-state index in [1.807, 2.05) is 13.8 Å². The first-order valence-electron chi connectivity index (χ1n) is 5.79. The van der Waals surface area contributed by atoms with Crippen LogP contribution in [-0.2, 0) is 18.9 Å². The number of rotatable bonds is 10. The van der Waals surface area contributed by atoms with E-state index in [0.29, 0.717) is 6.10 Å². The molecule has 0 amide bonds. The predicted octanol–water partition coefficient (Wildman–Crippen LogP) is 0.345. The molecule has 0 radical (unpaired) electrons. The van der Waals surface area contributed by atoms with Gasteiger partial charge in [0.25, 0.3) is 0 Å². The summed E-state index contributed by atoms with van der Waals surface area (Å²) < 4.78 is 21.5. The summed E-state index contributed by atoms with van der Waals surface area (Å²) in [5.41, 5.74) is 0. The average Bonchev–Trinajstić information content (AvgIpc) is 3.02. The first-order valence-corrected chi connectivity index (χ1v) is 7.79. The maximum Gasteiger partial charge on any atom is 0.154 e. The lowest BCUT2D eigenvalue weighted by Crippen LogP contribution is -2.21. The molecule has 0 aromatic rings. The highest BCUT2D eigenvalue weighted by Gasteiger charge is 2.22. The van der Waals surface area contributed by atoms with Gasteiger partial charge in [0.05, 0.1) is 22.7 Å². The summed E-state index contributed by atoms with van der Waals surface area (Å²) in [6.45, 7) is 7.07. The fraction of sp³-hybridized carbons (Fsp3) is 1.00. The highest BCUT2D eigenvalue weighted by atomic mass is 28.2. The molecule has 0 spiro atoms. The lowest BCUT2D eigenvalue weighted by Gasteiger charge is -2.16. The second-order valence-corrected chi connectivity index (χ2v) is 5.21. The third kappa shape index (κ3) is 7.02. The van der Waals surface area contributed by atoms with Crippen molar-refractivity contribution in [2.75, 3.05) is 32.7 Å². The Bertz CT molecular complexity index is 146. The van der Waals surface area contributed by atoms with Crippen LogP contribution in [-0.4, -0.2) is 54.6 Å². The normalized spacial score (nSPS) is 20.6. The molecule has 0 aromatic carbocycles. The van der Waals surface area contributed by atoms with Gasteiger partial charge >= 0.3 is 0 Å². The fourth-order valence-electron chi connectivity index (χ4n) is 1.32. The Morgan fingerprint density at radius 1 is 1.33 bits per heavy atom. The molecule has 1 heterocycles. The highest BCUT2D eigenvalue weighted by Crippen LogP contribution is 2.08. The molecule has 0 bridgehead atoms. The molecule has 0 aromatic heterocycles. The van der Waals surface area contributed by atoms with E-state index >= 15 is 0 Å². The summed E-state index contributed by atoms with van der Waals surface area (Å²) >= 11 is 0. The zero-order chi connectivity index (χ0) is 10.9. The van der Waals surface area contributed by atoms with Crippen molar-refractivity contribution in [1.29, 1.82) is 0 Å². The van der Waals surface area contributed by atoms with Crippen LogP contribution in [0.5, 0.6) is 0 Å². The summed E-state index contributed by atoms with van der Waals surface area (Å²) in [5.74, 6) is 0. The summed E-state index contributed by atoms with van der Waals surface area (Å²) in [7, 11) is -0.220. The lowest BCUT2D eigenvalue weighted by molar-refractivity contribution is -0.123. The van der Waals surface area contributed by atoms with E-state index in [0.717, 1.165) is 38.7 Å². The fourth-order valence-corrected chi connectivity index (χ4v) is 2.52. The Morgan fingerprint density at radius 2 is 2.00 bits per heavy atom. The summed E-state index contributed by atoms with van der Waals surface area (Å²) in [6, 6.07) is 1.03. The topological polar surface area (TPSA) is 40.2 Å². The van der Waals surface area contributed by atoms with Gasteiger partial charge in [-0.1, -0.05) is 0 Å². The Kier molecular flexibility index (Phi) is 7.21. The molecule has 1 aliphatic rings. The number of ether oxygens (including phenoxy) is 4. The van der Waals surface area contributed by atoms with Crippen molar-refractivity contribution in [3.63, 3.8) is 0 Å². The molecular formula is C10H22O4Si. The Labute approximate surface area is 94.0 Å². The van der Waals surface area contributed by atoms with Gasteiger partial charge < -0.3 is 18.9 Å². The molecular weight excluding hydrogens is 212 g/mol. The summed E-state index contributed by atoms with van der Waals surface area (Å²) in [6.07, 6.45) is 1.28.